The highest BCUT2D eigenvalue weighted by molar-refractivity contribution is 6.13. The van der Waals surface area contributed by atoms with E-state index in [1.54, 1.807) is 0 Å². The molecule has 1 aliphatic heterocycles. The standard InChI is InChI=1S/C42H32N2/c1-31-14-11-12-28-43(36-25-23-34(24-26-36)33-15-5-3-6-16-33)29-27-35(30-32(31)2)38-20-13-21-40-39-19-9-10-22-41(39)44(42(38)40)37-17-7-4-8-18-37/h3-30H,1-2H2/b14-11-,28-12-,29-27-,35-30+. The van der Waals surface area contributed by atoms with E-state index >= 15 is 0 Å². The van der Waals surface area contributed by atoms with Crippen LogP contribution in [0.5, 0.6) is 0 Å². The molecule has 6 aromatic rings. The Morgan fingerprint density at radius 3 is 1.95 bits per heavy atom. The van der Waals surface area contributed by atoms with Gasteiger partial charge in [-0.25, -0.2) is 0 Å². The number of benzene rings is 5. The fourth-order valence-corrected chi connectivity index (χ4v) is 5.85. The molecule has 44 heavy (non-hydrogen) atoms. The smallest absolute Gasteiger partial charge is 0.0619 e. The normalized spacial score (nSPS) is 17.2. The van der Waals surface area contributed by atoms with Crippen molar-refractivity contribution in [2.45, 2.75) is 0 Å². The third-order valence-electron chi connectivity index (χ3n) is 8.10. The number of anilines is 1. The number of allylic oxidation sites excluding steroid dienone is 8. The summed E-state index contributed by atoms with van der Waals surface area (Å²) in [6.45, 7) is 8.69. The zero-order valence-electron chi connectivity index (χ0n) is 24.5. The number of nitrogens with zero attached hydrogens (tertiary/aromatic N) is 2. The molecular weight excluding hydrogens is 532 g/mol. The Labute approximate surface area is 258 Å². The van der Waals surface area contributed by atoms with Gasteiger partial charge in [0.25, 0.3) is 0 Å². The predicted octanol–water partition coefficient (Wildman–Crippen LogP) is 11.1. The molecule has 0 fully saturated rings. The van der Waals surface area contributed by atoms with E-state index in [-0.39, 0.29) is 0 Å². The molecule has 2 nitrogen and oxygen atoms in total. The molecule has 1 aromatic heterocycles. The Morgan fingerprint density at radius 2 is 1.16 bits per heavy atom. The van der Waals surface area contributed by atoms with Gasteiger partial charge in [-0.05, 0) is 76.4 Å². The van der Waals surface area contributed by atoms with Crippen LogP contribution in [0.15, 0.2) is 194 Å². The van der Waals surface area contributed by atoms with Crippen molar-refractivity contribution >= 4 is 33.1 Å². The van der Waals surface area contributed by atoms with Gasteiger partial charge in [-0.2, -0.15) is 0 Å². The second-order valence-electron chi connectivity index (χ2n) is 10.9. The molecule has 0 saturated heterocycles. The first-order chi connectivity index (χ1) is 21.7. The molecule has 0 amide bonds. The van der Waals surface area contributed by atoms with E-state index in [1.165, 1.54) is 27.4 Å². The molecule has 7 rings (SSSR count). The highest BCUT2D eigenvalue weighted by atomic mass is 15.1. The average molecular weight is 565 g/mol. The van der Waals surface area contributed by atoms with Gasteiger partial charge in [0.2, 0.25) is 0 Å². The summed E-state index contributed by atoms with van der Waals surface area (Å²) in [6, 6.07) is 44.9. The fourth-order valence-electron chi connectivity index (χ4n) is 5.85. The van der Waals surface area contributed by atoms with Crippen LogP contribution in [0.1, 0.15) is 5.56 Å². The molecule has 210 valence electrons. The summed E-state index contributed by atoms with van der Waals surface area (Å²) in [5.74, 6) is 0. The van der Waals surface area contributed by atoms with Crippen molar-refractivity contribution in [1.29, 1.82) is 0 Å². The van der Waals surface area contributed by atoms with Gasteiger partial charge in [0.05, 0.1) is 11.0 Å². The van der Waals surface area contributed by atoms with Crippen molar-refractivity contribution in [1.82, 2.24) is 4.57 Å². The van der Waals surface area contributed by atoms with Crippen LogP contribution in [-0.2, 0) is 0 Å². The number of rotatable bonds is 4. The maximum atomic E-state index is 4.39. The lowest BCUT2D eigenvalue weighted by Gasteiger charge is -2.17. The van der Waals surface area contributed by atoms with Crippen molar-refractivity contribution in [3.8, 4) is 16.8 Å². The van der Waals surface area contributed by atoms with Gasteiger partial charge >= 0.3 is 0 Å². The van der Waals surface area contributed by atoms with Crippen molar-refractivity contribution in [2.24, 2.45) is 0 Å². The molecule has 0 saturated carbocycles. The highest BCUT2D eigenvalue weighted by Gasteiger charge is 2.17. The van der Waals surface area contributed by atoms with E-state index in [2.05, 4.69) is 169 Å². The van der Waals surface area contributed by atoms with Crippen molar-refractivity contribution < 1.29 is 0 Å². The zero-order valence-corrected chi connectivity index (χ0v) is 24.5. The first kappa shape index (κ1) is 27.0. The summed E-state index contributed by atoms with van der Waals surface area (Å²) in [4.78, 5) is 2.15. The topological polar surface area (TPSA) is 8.17 Å². The van der Waals surface area contributed by atoms with Crippen molar-refractivity contribution in [3.05, 3.63) is 200 Å². The fraction of sp³-hybridized carbons (Fsp3) is 0. The largest absolute Gasteiger partial charge is 0.324 e. The van der Waals surface area contributed by atoms with E-state index in [1.807, 2.05) is 24.3 Å². The first-order valence-electron chi connectivity index (χ1n) is 14.8. The average Bonchev–Trinajstić information content (AvgIpc) is 3.41. The Kier molecular flexibility index (Phi) is 7.24. The number of para-hydroxylation sites is 3. The SMILES string of the molecule is C=C1/C=C\C=C/N(c2ccc(-c3ccccc3)cc2)/C=C\C(c2cccc3c4ccccc4n(-c4ccccc4)c23)=C/C1=C. The second-order valence-corrected chi connectivity index (χ2v) is 10.9. The lowest BCUT2D eigenvalue weighted by Crippen LogP contribution is -2.06. The molecule has 0 spiro atoms. The molecular formula is C42H32N2. The summed E-state index contributed by atoms with van der Waals surface area (Å²) < 4.78 is 2.37. The third kappa shape index (κ3) is 5.14. The first-order valence-corrected chi connectivity index (χ1v) is 14.8. The Bertz CT molecular complexity index is 2120. The molecule has 2 heterocycles. The van der Waals surface area contributed by atoms with E-state index in [0.29, 0.717) is 0 Å². The van der Waals surface area contributed by atoms with Crippen LogP contribution >= 0.6 is 0 Å². The Balaban J connectivity index is 1.39. The number of hydrogen-bond donors (Lipinski definition) is 0. The monoisotopic (exact) mass is 564 g/mol. The molecule has 2 heteroatoms. The minimum absolute atomic E-state index is 0.870. The molecule has 0 bridgehead atoms. The second kappa shape index (κ2) is 11.8. The van der Waals surface area contributed by atoms with E-state index in [9.17, 15) is 0 Å². The molecule has 0 radical (unpaired) electrons. The number of fused-ring (bicyclic) bond motifs is 3. The molecule has 0 N–H and O–H groups in total. The van der Waals surface area contributed by atoms with Crippen LogP contribution in [0.2, 0.25) is 0 Å². The lowest BCUT2D eigenvalue weighted by atomic mass is 9.97. The van der Waals surface area contributed by atoms with Crippen LogP contribution in [0.3, 0.4) is 0 Å². The van der Waals surface area contributed by atoms with E-state index in [0.717, 1.165) is 39.2 Å². The Morgan fingerprint density at radius 1 is 0.477 bits per heavy atom. The van der Waals surface area contributed by atoms with Gasteiger partial charge in [-0.1, -0.05) is 122 Å². The number of hydrogen-bond acceptors (Lipinski definition) is 1. The van der Waals surface area contributed by atoms with Gasteiger partial charge in [-0.15, -0.1) is 0 Å². The van der Waals surface area contributed by atoms with Gasteiger partial charge in [-0.3, -0.25) is 0 Å². The maximum Gasteiger partial charge on any atom is 0.0619 e. The molecule has 0 unspecified atom stereocenters. The van der Waals surface area contributed by atoms with Gasteiger partial charge in [0, 0.05) is 40.1 Å². The summed E-state index contributed by atoms with van der Waals surface area (Å²) in [5, 5.41) is 2.44. The van der Waals surface area contributed by atoms with Crippen LogP contribution in [0, 0.1) is 0 Å². The van der Waals surface area contributed by atoms with Crippen LogP contribution in [0.25, 0.3) is 44.2 Å². The minimum atomic E-state index is 0.870. The van der Waals surface area contributed by atoms with Crippen LogP contribution < -0.4 is 4.90 Å². The minimum Gasteiger partial charge on any atom is -0.324 e. The van der Waals surface area contributed by atoms with Crippen LogP contribution in [0.4, 0.5) is 5.69 Å². The number of aromatic nitrogens is 1. The zero-order chi connectivity index (χ0) is 29.9. The summed E-state index contributed by atoms with van der Waals surface area (Å²) in [7, 11) is 0. The quantitative estimate of drug-likeness (QED) is 0.207. The summed E-state index contributed by atoms with van der Waals surface area (Å²) in [5.41, 5.74) is 10.8. The summed E-state index contributed by atoms with van der Waals surface area (Å²) in [6.07, 6.45) is 14.6. The van der Waals surface area contributed by atoms with Crippen molar-refractivity contribution in [2.75, 3.05) is 4.90 Å². The third-order valence-corrected chi connectivity index (χ3v) is 8.10. The summed E-state index contributed by atoms with van der Waals surface area (Å²) >= 11 is 0. The van der Waals surface area contributed by atoms with E-state index in [4.69, 9.17) is 0 Å². The molecule has 1 aliphatic rings. The van der Waals surface area contributed by atoms with E-state index < -0.39 is 0 Å². The molecule has 0 atom stereocenters. The van der Waals surface area contributed by atoms with Crippen LogP contribution in [-0.4, -0.2) is 4.57 Å². The molecule has 5 aromatic carbocycles. The van der Waals surface area contributed by atoms with Crippen molar-refractivity contribution in [3.63, 3.8) is 0 Å². The lowest BCUT2D eigenvalue weighted by molar-refractivity contribution is 1.18. The maximum absolute atomic E-state index is 4.39. The molecule has 0 aliphatic carbocycles. The van der Waals surface area contributed by atoms with Gasteiger partial charge < -0.3 is 9.47 Å². The Hall–Kier alpha value is -5.86. The van der Waals surface area contributed by atoms with Gasteiger partial charge in [0.1, 0.15) is 0 Å². The highest BCUT2D eigenvalue weighted by Crippen LogP contribution is 2.37. The predicted molar refractivity (Wildman–Crippen MR) is 189 cm³/mol. The van der Waals surface area contributed by atoms with Gasteiger partial charge in [0.15, 0.2) is 0 Å².